The summed E-state index contributed by atoms with van der Waals surface area (Å²) in [5.41, 5.74) is 3.33. The van der Waals surface area contributed by atoms with Crippen LogP contribution >= 0.6 is 0 Å². The summed E-state index contributed by atoms with van der Waals surface area (Å²) < 4.78 is 1.59. The van der Waals surface area contributed by atoms with Crippen LogP contribution < -0.4 is 5.32 Å². The van der Waals surface area contributed by atoms with Gasteiger partial charge in [-0.25, -0.2) is 9.67 Å². The molecule has 1 aliphatic rings. The standard InChI is InChI=1S/C21H19N5O2/c1-15(27)25-11-10-16-6-2-3-7-17(16)20(25)12-21(28)24-18-8-4-5-9-19(18)26-14-22-13-23-26/h2-11,13-14,20H,12H2,1H3,(H,24,28). The monoisotopic (exact) mass is 373 g/mol. The zero-order valence-electron chi connectivity index (χ0n) is 15.3. The zero-order chi connectivity index (χ0) is 19.5. The van der Waals surface area contributed by atoms with Gasteiger partial charge >= 0.3 is 0 Å². The molecule has 0 fully saturated rings. The van der Waals surface area contributed by atoms with E-state index in [0.29, 0.717) is 5.69 Å². The lowest BCUT2D eigenvalue weighted by Gasteiger charge is -2.32. The van der Waals surface area contributed by atoms with Crippen molar-refractivity contribution in [3.63, 3.8) is 0 Å². The van der Waals surface area contributed by atoms with E-state index in [1.165, 1.54) is 13.3 Å². The van der Waals surface area contributed by atoms with Crippen molar-refractivity contribution in [2.24, 2.45) is 0 Å². The number of benzene rings is 2. The number of carbonyl (C=O) groups excluding carboxylic acids is 2. The number of para-hydroxylation sites is 2. The fourth-order valence-electron chi connectivity index (χ4n) is 3.40. The first kappa shape index (κ1) is 17.7. The van der Waals surface area contributed by atoms with Crippen molar-refractivity contribution in [1.29, 1.82) is 0 Å². The van der Waals surface area contributed by atoms with Crippen LogP contribution in [0.5, 0.6) is 0 Å². The van der Waals surface area contributed by atoms with Gasteiger partial charge in [-0.05, 0) is 29.3 Å². The molecule has 1 aliphatic heterocycles. The number of aromatic nitrogens is 3. The molecule has 4 rings (SSSR count). The highest BCUT2D eigenvalue weighted by Gasteiger charge is 2.28. The van der Waals surface area contributed by atoms with Gasteiger partial charge in [0.1, 0.15) is 12.7 Å². The van der Waals surface area contributed by atoms with E-state index in [1.54, 1.807) is 22.1 Å². The van der Waals surface area contributed by atoms with Gasteiger partial charge in [-0.2, -0.15) is 5.10 Å². The van der Waals surface area contributed by atoms with Crippen LogP contribution in [0.3, 0.4) is 0 Å². The second kappa shape index (κ2) is 7.48. The highest BCUT2D eigenvalue weighted by atomic mass is 16.2. The van der Waals surface area contributed by atoms with Crippen LogP contribution in [0.15, 0.2) is 67.4 Å². The molecule has 2 aromatic carbocycles. The van der Waals surface area contributed by atoms with E-state index in [-0.39, 0.29) is 24.3 Å². The van der Waals surface area contributed by atoms with Gasteiger partial charge in [0, 0.05) is 13.1 Å². The number of anilines is 1. The summed E-state index contributed by atoms with van der Waals surface area (Å²) in [7, 11) is 0. The Labute approximate surface area is 162 Å². The van der Waals surface area contributed by atoms with Crippen LogP contribution in [0.2, 0.25) is 0 Å². The van der Waals surface area contributed by atoms with E-state index in [2.05, 4.69) is 15.4 Å². The molecule has 0 aliphatic carbocycles. The average Bonchev–Trinajstić information content (AvgIpc) is 3.23. The summed E-state index contributed by atoms with van der Waals surface area (Å²) in [6.07, 6.45) is 6.79. The predicted octanol–water partition coefficient (Wildman–Crippen LogP) is 3.17. The molecule has 3 aromatic rings. The van der Waals surface area contributed by atoms with Gasteiger partial charge < -0.3 is 10.2 Å². The molecule has 1 aromatic heterocycles. The third-order valence-electron chi connectivity index (χ3n) is 4.69. The lowest BCUT2D eigenvalue weighted by molar-refractivity contribution is -0.129. The molecule has 2 heterocycles. The van der Waals surface area contributed by atoms with Gasteiger partial charge in [0.2, 0.25) is 11.8 Å². The van der Waals surface area contributed by atoms with Gasteiger partial charge in [0.05, 0.1) is 23.8 Å². The van der Waals surface area contributed by atoms with E-state index in [4.69, 9.17) is 0 Å². The summed E-state index contributed by atoms with van der Waals surface area (Å²) in [5, 5.41) is 7.07. The first-order valence-electron chi connectivity index (χ1n) is 8.93. The summed E-state index contributed by atoms with van der Waals surface area (Å²) in [5.74, 6) is -0.291. The van der Waals surface area contributed by atoms with E-state index < -0.39 is 0 Å². The summed E-state index contributed by atoms with van der Waals surface area (Å²) >= 11 is 0. The number of fused-ring (bicyclic) bond motifs is 1. The van der Waals surface area contributed by atoms with Crippen molar-refractivity contribution >= 4 is 23.6 Å². The van der Waals surface area contributed by atoms with Crippen LogP contribution in [-0.4, -0.2) is 31.5 Å². The maximum Gasteiger partial charge on any atom is 0.226 e. The van der Waals surface area contributed by atoms with Crippen molar-refractivity contribution in [3.05, 3.63) is 78.5 Å². The molecule has 1 N–H and O–H groups in total. The molecular weight excluding hydrogens is 354 g/mol. The summed E-state index contributed by atoms with van der Waals surface area (Å²) in [4.78, 5) is 30.5. The number of carbonyl (C=O) groups is 2. The molecular formula is C21H19N5O2. The van der Waals surface area contributed by atoms with Gasteiger partial charge in [0.15, 0.2) is 0 Å². The highest BCUT2D eigenvalue weighted by molar-refractivity contribution is 5.94. The Hall–Kier alpha value is -3.74. The zero-order valence-corrected chi connectivity index (χ0v) is 15.3. The Kier molecular flexibility index (Phi) is 4.72. The third-order valence-corrected chi connectivity index (χ3v) is 4.69. The van der Waals surface area contributed by atoms with Crippen molar-refractivity contribution in [3.8, 4) is 5.69 Å². The fourth-order valence-corrected chi connectivity index (χ4v) is 3.40. The predicted molar refractivity (Wildman–Crippen MR) is 105 cm³/mol. The van der Waals surface area contributed by atoms with E-state index in [0.717, 1.165) is 16.8 Å². The molecule has 140 valence electrons. The van der Waals surface area contributed by atoms with Crippen LogP contribution in [0, 0.1) is 0 Å². The molecule has 0 bridgehead atoms. The molecule has 0 saturated carbocycles. The van der Waals surface area contributed by atoms with Gasteiger partial charge in [-0.1, -0.05) is 36.4 Å². The highest BCUT2D eigenvalue weighted by Crippen LogP contribution is 2.33. The average molecular weight is 373 g/mol. The van der Waals surface area contributed by atoms with Gasteiger partial charge in [0.25, 0.3) is 0 Å². The molecule has 7 nitrogen and oxygen atoms in total. The fraction of sp³-hybridized carbons (Fsp3) is 0.143. The van der Waals surface area contributed by atoms with Gasteiger partial charge in [-0.15, -0.1) is 0 Å². The van der Waals surface area contributed by atoms with E-state index in [9.17, 15) is 9.59 Å². The minimum Gasteiger partial charge on any atom is -0.324 e. The molecule has 0 spiro atoms. The van der Waals surface area contributed by atoms with Crippen LogP contribution in [0.4, 0.5) is 5.69 Å². The number of amides is 2. The minimum absolute atomic E-state index is 0.105. The number of nitrogens with zero attached hydrogens (tertiary/aromatic N) is 4. The van der Waals surface area contributed by atoms with Crippen LogP contribution in [0.1, 0.15) is 30.5 Å². The molecule has 2 amide bonds. The molecule has 28 heavy (non-hydrogen) atoms. The van der Waals surface area contributed by atoms with E-state index >= 15 is 0 Å². The molecule has 1 atom stereocenters. The lowest BCUT2D eigenvalue weighted by atomic mass is 9.93. The first-order chi connectivity index (χ1) is 13.6. The van der Waals surface area contributed by atoms with Crippen molar-refractivity contribution < 1.29 is 9.59 Å². The SMILES string of the molecule is CC(=O)N1C=Cc2ccccc2C1CC(=O)Nc1ccccc1-n1cncn1. The minimum atomic E-state index is -0.350. The number of rotatable bonds is 4. The van der Waals surface area contributed by atoms with Gasteiger partial charge in [-0.3, -0.25) is 9.59 Å². The number of hydrogen-bond acceptors (Lipinski definition) is 4. The Balaban J connectivity index is 1.58. The normalized spacial score (nSPS) is 15.2. The number of nitrogens with one attached hydrogen (secondary N) is 1. The molecule has 1 unspecified atom stereocenters. The van der Waals surface area contributed by atoms with Crippen molar-refractivity contribution in [2.45, 2.75) is 19.4 Å². The Bertz CT molecular complexity index is 1040. The van der Waals surface area contributed by atoms with Crippen molar-refractivity contribution in [1.82, 2.24) is 19.7 Å². The summed E-state index contributed by atoms with van der Waals surface area (Å²) in [6.45, 7) is 1.50. The van der Waals surface area contributed by atoms with Crippen molar-refractivity contribution in [2.75, 3.05) is 5.32 Å². The molecule has 0 saturated heterocycles. The summed E-state index contributed by atoms with van der Waals surface area (Å²) in [6, 6.07) is 14.8. The maximum absolute atomic E-state index is 12.9. The van der Waals surface area contributed by atoms with Crippen LogP contribution in [0.25, 0.3) is 11.8 Å². The quantitative estimate of drug-likeness (QED) is 0.762. The Morgan fingerprint density at radius 1 is 1.11 bits per heavy atom. The molecule has 0 radical (unpaired) electrons. The largest absolute Gasteiger partial charge is 0.324 e. The first-order valence-corrected chi connectivity index (χ1v) is 8.93. The maximum atomic E-state index is 12.9. The smallest absolute Gasteiger partial charge is 0.226 e. The lowest BCUT2D eigenvalue weighted by Crippen LogP contribution is -2.33. The topological polar surface area (TPSA) is 80.1 Å². The molecule has 7 heteroatoms. The number of hydrogen-bond donors (Lipinski definition) is 1. The van der Waals surface area contributed by atoms with Crippen LogP contribution in [-0.2, 0) is 9.59 Å². The third kappa shape index (κ3) is 3.42. The second-order valence-electron chi connectivity index (χ2n) is 6.50. The Morgan fingerprint density at radius 2 is 1.89 bits per heavy atom. The Morgan fingerprint density at radius 3 is 2.68 bits per heavy atom. The second-order valence-corrected chi connectivity index (χ2v) is 6.50. The van der Waals surface area contributed by atoms with E-state index in [1.807, 2.05) is 54.6 Å².